The van der Waals surface area contributed by atoms with Gasteiger partial charge in [0.1, 0.15) is 5.69 Å². The lowest BCUT2D eigenvalue weighted by Gasteiger charge is -2.03. The van der Waals surface area contributed by atoms with E-state index in [1.807, 2.05) is 54.6 Å². The second-order valence-electron chi connectivity index (χ2n) is 4.33. The number of carbonyl (C=O) groups is 1. The summed E-state index contributed by atoms with van der Waals surface area (Å²) in [6.45, 7) is 0. The fourth-order valence-electron chi connectivity index (χ4n) is 2.00. The van der Waals surface area contributed by atoms with Crippen LogP contribution >= 0.6 is 0 Å². The SMILES string of the molecule is O=C(O)c1cc(-c2cccc(-c3ccccc3)c2)no1. The summed E-state index contributed by atoms with van der Waals surface area (Å²) < 4.78 is 4.78. The molecule has 2 aromatic carbocycles. The maximum atomic E-state index is 10.8. The van der Waals surface area contributed by atoms with E-state index in [9.17, 15) is 4.79 Å². The molecule has 0 bridgehead atoms. The Morgan fingerprint density at radius 2 is 1.60 bits per heavy atom. The van der Waals surface area contributed by atoms with Crippen LogP contribution in [0.4, 0.5) is 0 Å². The number of rotatable bonds is 3. The molecular weight excluding hydrogens is 254 g/mol. The molecule has 0 saturated heterocycles. The lowest BCUT2D eigenvalue weighted by molar-refractivity contribution is 0.0652. The number of carboxylic acids is 1. The van der Waals surface area contributed by atoms with Crippen molar-refractivity contribution in [3.8, 4) is 22.4 Å². The van der Waals surface area contributed by atoms with Crippen molar-refractivity contribution in [3.05, 3.63) is 66.4 Å². The molecular formula is C16H11NO3. The molecule has 3 aromatic rings. The molecule has 0 aliphatic heterocycles. The molecule has 4 nitrogen and oxygen atoms in total. The molecule has 0 radical (unpaired) electrons. The molecule has 98 valence electrons. The van der Waals surface area contributed by atoms with Gasteiger partial charge < -0.3 is 9.63 Å². The summed E-state index contributed by atoms with van der Waals surface area (Å²) in [6.07, 6.45) is 0. The van der Waals surface area contributed by atoms with Crippen molar-refractivity contribution < 1.29 is 14.4 Å². The molecule has 1 heterocycles. The van der Waals surface area contributed by atoms with Gasteiger partial charge in [0, 0.05) is 11.6 Å². The average Bonchev–Trinajstić information content (AvgIpc) is 2.98. The quantitative estimate of drug-likeness (QED) is 0.784. The van der Waals surface area contributed by atoms with Gasteiger partial charge in [-0.1, -0.05) is 53.7 Å². The van der Waals surface area contributed by atoms with Gasteiger partial charge in [-0.25, -0.2) is 4.79 Å². The van der Waals surface area contributed by atoms with Crippen molar-refractivity contribution >= 4 is 5.97 Å². The Morgan fingerprint density at radius 3 is 2.30 bits per heavy atom. The first-order valence-corrected chi connectivity index (χ1v) is 6.10. The minimum absolute atomic E-state index is 0.162. The zero-order valence-electron chi connectivity index (χ0n) is 10.5. The number of benzene rings is 2. The molecule has 0 aliphatic rings. The van der Waals surface area contributed by atoms with Gasteiger partial charge in [0.15, 0.2) is 0 Å². The molecule has 0 unspecified atom stereocenters. The minimum Gasteiger partial charge on any atom is -0.475 e. The number of hydrogen-bond donors (Lipinski definition) is 1. The molecule has 0 spiro atoms. The zero-order chi connectivity index (χ0) is 13.9. The van der Waals surface area contributed by atoms with Crippen LogP contribution in [0.15, 0.2) is 65.2 Å². The highest BCUT2D eigenvalue weighted by Gasteiger charge is 2.12. The van der Waals surface area contributed by atoms with Gasteiger partial charge in [-0.2, -0.15) is 0 Å². The number of nitrogens with zero attached hydrogens (tertiary/aromatic N) is 1. The fraction of sp³-hybridized carbons (Fsp3) is 0. The predicted molar refractivity (Wildman–Crippen MR) is 74.3 cm³/mol. The Hall–Kier alpha value is -2.88. The Morgan fingerprint density at radius 1 is 0.900 bits per heavy atom. The molecule has 1 aromatic heterocycles. The van der Waals surface area contributed by atoms with E-state index in [2.05, 4.69) is 5.16 Å². The molecule has 0 aliphatic carbocycles. The Bertz CT molecular complexity index is 747. The maximum Gasteiger partial charge on any atom is 0.374 e. The lowest BCUT2D eigenvalue weighted by Crippen LogP contribution is -1.91. The summed E-state index contributed by atoms with van der Waals surface area (Å²) in [5.74, 6) is -1.28. The van der Waals surface area contributed by atoms with Crippen LogP contribution in [0.5, 0.6) is 0 Å². The standard InChI is InChI=1S/C16H11NO3/c18-16(19)15-10-14(17-20-15)13-8-4-7-12(9-13)11-5-2-1-3-6-11/h1-10H,(H,18,19). The van der Waals surface area contributed by atoms with Crippen LogP contribution in [0.25, 0.3) is 22.4 Å². The third-order valence-electron chi connectivity index (χ3n) is 2.99. The van der Waals surface area contributed by atoms with Crippen molar-refractivity contribution in [2.24, 2.45) is 0 Å². The van der Waals surface area contributed by atoms with E-state index in [1.165, 1.54) is 6.07 Å². The summed E-state index contributed by atoms with van der Waals surface area (Å²) in [6, 6.07) is 19.1. The largest absolute Gasteiger partial charge is 0.475 e. The third kappa shape index (κ3) is 2.31. The van der Waals surface area contributed by atoms with E-state index in [-0.39, 0.29) is 5.76 Å². The summed E-state index contributed by atoms with van der Waals surface area (Å²) >= 11 is 0. The van der Waals surface area contributed by atoms with Gasteiger partial charge in [-0.3, -0.25) is 0 Å². The Balaban J connectivity index is 2.01. The van der Waals surface area contributed by atoms with Gasteiger partial charge in [-0.15, -0.1) is 0 Å². The second kappa shape index (κ2) is 5.01. The molecule has 0 fully saturated rings. The van der Waals surface area contributed by atoms with Crippen molar-refractivity contribution in [2.75, 3.05) is 0 Å². The highest BCUT2D eigenvalue weighted by molar-refractivity contribution is 5.86. The number of aromatic nitrogens is 1. The van der Waals surface area contributed by atoms with Crippen molar-refractivity contribution in [1.82, 2.24) is 5.16 Å². The number of aromatic carboxylic acids is 1. The molecule has 1 N–H and O–H groups in total. The van der Waals surface area contributed by atoms with Gasteiger partial charge in [0.05, 0.1) is 0 Å². The molecule has 20 heavy (non-hydrogen) atoms. The van der Waals surface area contributed by atoms with Crippen molar-refractivity contribution in [2.45, 2.75) is 0 Å². The zero-order valence-corrected chi connectivity index (χ0v) is 10.5. The third-order valence-corrected chi connectivity index (χ3v) is 2.99. The van der Waals surface area contributed by atoms with Gasteiger partial charge >= 0.3 is 5.97 Å². The normalized spacial score (nSPS) is 10.4. The Kier molecular flexibility index (Phi) is 3.05. The van der Waals surface area contributed by atoms with Gasteiger partial charge in [0.2, 0.25) is 5.76 Å². The van der Waals surface area contributed by atoms with E-state index in [4.69, 9.17) is 9.63 Å². The summed E-state index contributed by atoms with van der Waals surface area (Å²) in [5.41, 5.74) is 3.47. The van der Waals surface area contributed by atoms with Crippen molar-refractivity contribution in [3.63, 3.8) is 0 Å². The number of hydrogen-bond acceptors (Lipinski definition) is 3. The van der Waals surface area contributed by atoms with E-state index >= 15 is 0 Å². The van der Waals surface area contributed by atoms with Crippen molar-refractivity contribution in [1.29, 1.82) is 0 Å². The maximum absolute atomic E-state index is 10.8. The lowest BCUT2D eigenvalue weighted by atomic mass is 10.0. The van der Waals surface area contributed by atoms with Crippen LogP contribution < -0.4 is 0 Å². The van der Waals surface area contributed by atoms with E-state index in [1.54, 1.807) is 0 Å². The van der Waals surface area contributed by atoms with Gasteiger partial charge in [0.25, 0.3) is 0 Å². The highest BCUT2D eigenvalue weighted by Crippen LogP contribution is 2.26. The van der Waals surface area contributed by atoms with Crippen LogP contribution in [0.3, 0.4) is 0 Å². The smallest absolute Gasteiger partial charge is 0.374 e. The van der Waals surface area contributed by atoms with Crippen LogP contribution in [0.2, 0.25) is 0 Å². The Labute approximate surface area is 115 Å². The van der Waals surface area contributed by atoms with Gasteiger partial charge in [-0.05, 0) is 17.2 Å². The first-order valence-electron chi connectivity index (χ1n) is 6.10. The molecule has 3 rings (SSSR count). The van der Waals surface area contributed by atoms with E-state index in [0.717, 1.165) is 16.7 Å². The van der Waals surface area contributed by atoms with E-state index in [0.29, 0.717) is 5.69 Å². The first-order chi connectivity index (χ1) is 9.74. The minimum atomic E-state index is -1.12. The fourth-order valence-corrected chi connectivity index (χ4v) is 2.00. The summed E-state index contributed by atoms with van der Waals surface area (Å²) in [4.78, 5) is 10.8. The van der Waals surface area contributed by atoms with Crippen LogP contribution in [-0.2, 0) is 0 Å². The topological polar surface area (TPSA) is 63.3 Å². The highest BCUT2D eigenvalue weighted by atomic mass is 16.5. The molecule has 0 atom stereocenters. The van der Waals surface area contributed by atoms with Crippen LogP contribution in [-0.4, -0.2) is 16.2 Å². The molecule has 4 heteroatoms. The molecule has 0 amide bonds. The summed E-state index contributed by atoms with van der Waals surface area (Å²) in [7, 11) is 0. The first kappa shape index (κ1) is 12.2. The number of carboxylic acid groups (broad SMARTS) is 1. The van der Waals surface area contributed by atoms with Crippen LogP contribution in [0.1, 0.15) is 10.6 Å². The van der Waals surface area contributed by atoms with Crippen LogP contribution in [0, 0.1) is 0 Å². The summed E-state index contributed by atoms with van der Waals surface area (Å²) in [5, 5.41) is 12.6. The van der Waals surface area contributed by atoms with E-state index < -0.39 is 5.97 Å². The predicted octanol–water partition coefficient (Wildman–Crippen LogP) is 3.71. The second-order valence-corrected chi connectivity index (χ2v) is 4.33. The monoisotopic (exact) mass is 265 g/mol. The average molecular weight is 265 g/mol. The molecule has 0 saturated carbocycles.